The normalized spacial score (nSPS) is 27.0. The average Bonchev–Trinajstić information content (AvgIpc) is 3.08. The first-order valence-electron chi connectivity index (χ1n) is 11.0. The van der Waals surface area contributed by atoms with Crippen molar-refractivity contribution in [3.8, 4) is 0 Å². The fourth-order valence-electron chi connectivity index (χ4n) is 4.29. The van der Waals surface area contributed by atoms with Crippen molar-refractivity contribution >= 4 is 34.3 Å². The molecule has 2 aliphatic rings. The third-order valence-corrected chi connectivity index (χ3v) is 5.78. The zero-order chi connectivity index (χ0) is 22.8. The lowest BCUT2D eigenvalue weighted by molar-refractivity contribution is -0.0362. The molecule has 0 aliphatic carbocycles. The number of aromatic nitrogens is 2. The van der Waals surface area contributed by atoms with Crippen molar-refractivity contribution in [2.75, 3.05) is 16.8 Å². The lowest BCUT2D eigenvalue weighted by Gasteiger charge is -2.30. The van der Waals surface area contributed by atoms with E-state index in [2.05, 4.69) is 29.1 Å². The van der Waals surface area contributed by atoms with E-state index in [1.807, 2.05) is 32.0 Å². The number of fused-ring (bicyclic) bond motifs is 1. The molecule has 0 saturated carbocycles. The summed E-state index contributed by atoms with van der Waals surface area (Å²) in [5.41, 5.74) is 8.80. The second-order valence-electron chi connectivity index (χ2n) is 8.54. The molecule has 1 amide bonds. The van der Waals surface area contributed by atoms with E-state index in [4.69, 9.17) is 20.2 Å². The van der Waals surface area contributed by atoms with Crippen LogP contribution in [0.15, 0.2) is 41.3 Å². The summed E-state index contributed by atoms with van der Waals surface area (Å²) in [5.74, 6) is 0.409. The zero-order valence-electron chi connectivity index (χ0n) is 18.9. The Morgan fingerprint density at radius 3 is 2.72 bits per heavy atom. The molecule has 0 spiro atoms. The summed E-state index contributed by atoms with van der Waals surface area (Å²) in [4.78, 5) is 27.6. The molecule has 2 saturated heterocycles. The van der Waals surface area contributed by atoms with E-state index in [1.54, 1.807) is 11.1 Å². The van der Waals surface area contributed by atoms with Crippen molar-refractivity contribution in [2.24, 2.45) is 10.7 Å². The van der Waals surface area contributed by atoms with E-state index >= 15 is 0 Å². The average molecular weight is 441 g/mol. The summed E-state index contributed by atoms with van der Waals surface area (Å²) in [5, 5.41) is 4.05. The molecule has 2 aliphatic heterocycles. The molecule has 1 aromatic heterocycles. The van der Waals surface area contributed by atoms with Crippen LogP contribution in [0.1, 0.15) is 42.0 Å². The van der Waals surface area contributed by atoms with Crippen LogP contribution in [0.4, 0.5) is 16.4 Å². The highest BCUT2D eigenvalue weighted by Crippen LogP contribution is 2.27. The smallest absolute Gasteiger partial charge is 0.414 e. The number of aliphatic imine (C=N–C) groups is 1. The zero-order valence-corrected chi connectivity index (χ0v) is 18.9. The number of carbonyl (C=O) groups excluding carboxylic acids is 1. The second-order valence-corrected chi connectivity index (χ2v) is 8.54. The summed E-state index contributed by atoms with van der Waals surface area (Å²) < 4.78 is 10.9. The number of nitrogens with zero attached hydrogens (tertiary/aromatic N) is 4. The number of nitrogens with one attached hydrogen (secondary N) is 1. The number of carbonyl (C=O) groups is 1. The molecule has 1 unspecified atom stereocenters. The van der Waals surface area contributed by atoms with Crippen LogP contribution in [0.5, 0.6) is 0 Å². The Hall–Kier alpha value is -3.20. The maximum Gasteiger partial charge on any atom is 0.414 e. The molecular formula is C23H32N6O3. The van der Waals surface area contributed by atoms with Crippen molar-refractivity contribution < 1.29 is 15.7 Å². The Labute approximate surface area is 189 Å². The summed E-state index contributed by atoms with van der Waals surface area (Å²) in [6.45, 7) is 8.40. The molecule has 32 heavy (non-hydrogen) atoms. The van der Waals surface area contributed by atoms with Gasteiger partial charge in [-0.2, -0.15) is 0 Å². The number of ether oxygens (including phenoxy) is 2. The monoisotopic (exact) mass is 440 g/mol. The Balaban J connectivity index is 0.00000306. The van der Waals surface area contributed by atoms with Gasteiger partial charge in [-0.25, -0.2) is 14.8 Å². The van der Waals surface area contributed by atoms with Crippen LogP contribution >= 0.6 is 0 Å². The Bertz CT molecular complexity index is 1070. The van der Waals surface area contributed by atoms with E-state index in [-0.39, 0.29) is 31.8 Å². The van der Waals surface area contributed by atoms with Crippen molar-refractivity contribution in [2.45, 2.75) is 64.8 Å². The van der Waals surface area contributed by atoms with E-state index in [0.717, 1.165) is 29.6 Å². The predicted molar refractivity (Wildman–Crippen MR) is 127 cm³/mol. The van der Waals surface area contributed by atoms with Crippen molar-refractivity contribution in [1.82, 2.24) is 9.97 Å². The van der Waals surface area contributed by atoms with Gasteiger partial charge in [0.05, 0.1) is 41.2 Å². The molecule has 3 heterocycles. The third-order valence-electron chi connectivity index (χ3n) is 5.78. The number of anilines is 2. The van der Waals surface area contributed by atoms with Gasteiger partial charge in [-0.3, -0.25) is 9.89 Å². The second kappa shape index (κ2) is 9.12. The Morgan fingerprint density at radius 1 is 1.31 bits per heavy atom. The first kappa shape index (κ1) is 22.0. The van der Waals surface area contributed by atoms with E-state index in [9.17, 15) is 4.79 Å². The van der Waals surface area contributed by atoms with E-state index in [1.165, 1.54) is 6.20 Å². The van der Waals surface area contributed by atoms with Crippen LogP contribution in [-0.2, 0) is 9.47 Å². The molecular weight excluding hydrogens is 408 g/mol. The molecule has 4 atom stereocenters. The topological polar surface area (TPSA) is 115 Å². The van der Waals surface area contributed by atoms with Gasteiger partial charge >= 0.3 is 6.09 Å². The van der Waals surface area contributed by atoms with Gasteiger partial charge in [-0.05, 0) is 58.7 Å². The number of hydrogen-bond acceptors (Lipinski definition) is 8. The molecule has 4 rings (SSSR count). The fourth-order valence-corrected chi connectivity index (χ4v) is 4.29. The molecule has 0 radical (unpaired) electrons. The van der Waals surface area contributed by atoms with Crippen molar-refractivity contribution in [3.63, 3.8) is 0 Å². The minimum Gasteiger partial charge on any atom is -0.447 e. The maximum absolute atomic E-state index is 12.1. The fraction of sp³-hybridized carbons (Fsp3) is 0.478. The summed E-state index contributed by atoms with van der Waals surface area (Å²) in [6, 6.07) is 5.79. The highest BCUT2D eigenvalue weighted by atomic mass is 16.6. The summed E-state index contributed by atoms with van der Waals surface area (Å²) >= 11 is 0. The predicted octanol–water partition coefficient (Wildman–Crippen LogP) is 3.85. The number of allylic oxidation sites excluding steroid dienone is 1. The minimum absolute atomic E-state index is 0. The molecule has 1 aromatic carbocycles. The molecule has 0 bridgehead atoms. The SMILES string of the molecule is CC(=NC1C[C@@H](C)O[C@@H](C)C1)/C(=C\N)Nc1ncc2ccc(N3C(=O)OC[C@@H]3C)cc2n1.[HH]. The van der Waals surface area contributed by atoms with Crippen molar-refractivity contribution in [3.05, 3.63) is 36.3 Å². The first-order valence-corrected chi connectivity index (χ1v) is 11.0. The van der Waals surface area contributed by atoms with Crippen molar-refractivity contribution in [1.29, 1.82) is 0 Å². The lowest BCUT2D eigenvalue weighted by atomic mass is 10.0. The van der Waals surface area contributed by atoms with E-state index < -0.39 is 0 Å². The number of benzene rings is 1. The molecule has 172 valence electrons. The van der Waals surface area contributed by atoms with Gasteiger partial charge in [0.15, 0.2) is 0 Å². The molecule has 9 nitrogen and oxygen atoms in total. The molecule has 2 aromatic rings. The third kappa shape index (κ3) is 4.67. The molecule has 2 fully saturated rings. The van der Waals surface area contributed by atoms with Crippen LogP contribution in [-0.4, -0.2) is 52.7 Å². The van der Waals surface area contributed by atoms with Gasteiger partial charge in [0.1, 0.15) is 6.61 Å². The van der Waals surface area contributed by atoms with Crippen LogP contribution in [0, 0.1) is 0 Å². The summed E-state index contributed by atoms with van der Waals surface area (Å²) in [6.07, 6.45) is 5.01. The highest BCUT2D eigenvalue weighted by Gasteiger charge is 2.31. The Morgan fingerprint density at radius 2 is 2.06 bits per heavy atom. The van der Waals surface area contributed by atoms with Gasteiger partial charge in [0.2, 0.25) is 5.95 Å². The van der Waals surface area contributed by atoms with Crippen LogP contribution in [0.25, 0.3) is 10.9 Å². The number of rotatable bonds is 5. The first-order chi connectivity index (χ1) is 15.3. The van der Waals surface area contributed by atoms with Crippen LogP contribution in [0.2, 0.25) is 0 Å². The standard InChI is InChI=1S/C23H30N6O3.H2/c1-13-12-31-23(30)29(13)19-6-5-17-11-25-22(27-20(17)9-19)28-21(10-24)16(4)26-18-7-14(2)32-15(3)8-18;/h5-6,9-11,13-15,18H,7-8,12,24H2,1-4H3,(H,25,27,28);1H/b21-10+,26-16?;/t13-,14-,15+,18?;/m0./s1. The highest BCUT2D eigenvalue weighted by molar-refractivity contribution is 6.00. The van der Waals surface area contributed by atoms with Gasteiger partial charge in [0.25, 0.3) is 0 Å². The number of cyclic esters (lactones) is 1. The quantitative estimate of drug-likeness (QED) is 0.679. The molecule has 3 N–H and O–H groups in total. The van der Waals surface area contributed by atoms with Crippen LogP contribution in [0.3, 0.4) is 0 Å². The van der Waals surface area contributed by atoms with Gasteiger partial charge < -0.3 is 20.5 Å². The van der Waals surface area contributed by atoms with Gasteiger partial charge in [0, 0.05) is 24.9 Å². The number of hydrogen-bond donors (Lipinski definition) is 2. The maximum atomic E-state index is 12.1. The Kier molecular flexibility index (Phi) is 6.27. The van der Waals surface area contributed by atoms with Gasteiger partial charge in [-0.15, -0.1) is 0 Å². The summed E-state index contributed by atoms with van der Waals surface area (Å²) in [7, 11) is 0. The number of amides is 1. The van der Waals surface area contributed by atoms with Gasteiger partial charge in [-0.1, -0.05) is 0 Å². The molecule has 9 heteroatoms. The number of nitrogens with two attached hydrogens (primary N) is 1. The lowest BCUT2D eigenvalue weighted by Crippen LogP contribution is -2.32. The largest absolute Gasteiger partial charge is 0.447 e. The minimum atomic E-state index is -0.346. The van der Waals surface area contributed by atoms with Crippen LogP contribution < -0.4 is 16.0 Å². The van der Waals surface area contributed by atoms with E-state index in [0.29, 0.717) is 23.8 Å².